The first kappa shape index (κ1) is 17.1. The van der Waals surface area contributed by atoms with Gasteiger partial charge in [-0.15, -0.1) is 0 Å². The molecule has 0 aliphatic heterocycles. The lowest BCUT2D eigenvalue weighted by atomic mass is 10.0. The van der Waals surface area contributed by atoms with E-state index in [0.29, 0.717) is 35.3 Å². The Hall–Kier alpha value is -2.76. The molecule has 25 heavy (non-hydrogen) atoms. The van der Waals surface area contributed by atoms with Crippen LogP contribution in [0.25, 0.3) is 11.1 Å². The van der Waals surface area contributed by atoms with Crippen LogP contribution >= 0.6 is 0 Å². The molecule has 0 saturated heterocycles. The van der Waals surface area contributed by atoms with Crippen molar-refractivity contribution in [1.82, 2.24) is 15.5 Å². The standard InChI is InChI=1S/C19H20FN3O2/c1-11(2)16-10-15(17-12(3)23-25-19(17)22-16)18(24)21-9-8-13-4-6-14(20)7-5-13/h4-7,10-11H,8-9H2,1-3H3,(H,21,24). The maximum atomic E-state index is 12.9. The minimum atomic E-state index is -0.267. The maximum absolute atomic E-state index is 12.9. The molecule has 1 N–H and O–H groups in total. The summed E-state index contributed by atoms with van der Waals surface area (Å²) >= 11 is 0. The van der Waals surface area contributed by atoms with Crippen LogP contribution in [0.3, 0.4) is 0 Å². The summed E-state index contributed by atoms with van der Waals surface area (Å²) in [6.07, 6.45) is 0.625. The van der Waals surface area contributed by atoms with Crippen molar-refractivity contribution in [2.24, 2.45) is 0 Å². The molecular formula is C19H20FN3O2. The van der Waals surface area contributed by atoms with Gasteiger partial charge in [0.1, 0.15) is 5.82 Å². The lowest BCUT2D eigenvalue weighted by Crippen LogP contribution is -2.26. The summed E-state index contributed by atoms with van der Waals surface area (Å²) in [6, 6.07) is 8.06. The molecule has 0 saturated carbocycles. The molecule has 2 heterocycles. The summed E-state index contributed by atoms with van der Waals surface area (Å²) in [5.74, 6) is -0.292. The first-order chi connectivity index (χ1) is 12.0. The van der Waals surface area contributed by atoms with Crippen LogP contribution in [-0.4, -0.2) is 22.6 Å². The molecule has 2 aromatic heterocycles. The van der Waals surface area contributed by atoms with Crippen molar-refractivity contribution >= 4 is 17.0 Å². The first-order valence-electron chi connectivity index (χ1n) is 8.25. The number of hydrogen-bond acceptors (Lipinski definition) is 4. The molecule has 0 atom stereocenters. The van der Waals surface area contributed by atoms with Crippen LogP contribution in [0.5, 0.6) is 0 Å². The largest absolute Gasteiger partial charge is 0.352 e. The van der Waals surface area contributed by atoms with Crippen LogP contribution in [0, 0.1) is 12.7 Å². The number of nitrogens with one attached hydrogen (secondary N) is 1. The summed E-state index contributed by atoms with van der Waals surface area (Å²) in [4.78, 5) is 17.1. The number of fused-ring (bicyclic) bond motifs is 1. The third-order valence-electron chi connectivity index (χ3n) is 4.09. The Bertz CT molecular complexity index is 901. The van der Waals surface area contributed by atoms with Crippen molar-refractivity contribution in [3.63, 3.8) is 0 Å². The van der Waals surface area contributed by atoms with E-state index in [0.717, 1.165) is 11.3 Å². The van der Waals surface area contributed by atoms with Crippen molar-refractivity contribution < 1.29 is 13.7 Å². The first-order valence-corrected chi connectivity index (χ1v) is 8.25. The van der Waals surface area contributed by atoms with E-state index >= 15 is 0 Å². The van der Waals surface area contributed by atoms with E-state index in [-0.39, 0.29) is 17.6 Å². The van der Waals surface area contributed by atoms with Crippen LogP contribution in [0.2, 0.25) is 0 Å². The molecule has 130 valence electrons. The highest BCUT2D eigenvalue weighted by atomic mass is 19.1. The zero-order valence-electron chi connectivity index (χ0n) is 14.5. The van der Waals surface area contributed by atoms with E-state index < -0.39 is 0 Å². The minimum Gasteiger partial charge on any atom is -0.352 e. The Morgan fingerprint density at radius 3 is 2.68 bits per heavy atom. The third-order valence-corrected chi connectivity index (χ3v) is 4.09. The number of benzene rings is 1. The molecule has 3 aromatic rings. The zero-order valence-corrected chi connectivity index (χ0v) is 14.5. The van der Waals surface area contributed by atoms with Gasteiger partial charge in [-0.3, -0.25) is 4.79 Å². The SMILES string of the molecule is Cc1noc2nc(C(C)C)cc(C(=O)NCCc3ccc(F)cc3)c12. The number of halogens is 1. The summed E-state index contributed by atoms with van der Waals surface area (Å²) in [5, 5.41) is 7.47. The molecule has 0 fully saturated rings. The second kappa shape index (κ2) is 7.01. The average molecular weight is 341 g/mol. The normalized spacial score (nSPS) is 11.2. The highest BCUT2D eigenvalue weighted by Crippen LogP contribution is 2.25. The number of nitrogens with zero attached hydrogens (tertiary/aromatic N) is 2. The minimum absolute atomic E-state index is 0.167. The van der Waals surface area contributed by atoms with Crippen molar-refractivity contribution in [3.8, 4) is 0 Å². The fraction of sp³-hybridized carbons (Fsp3) is 0.316. The van der Waals surface area contributed by atoms with Gasteiger partial charge in [0.2, 0.25) is 0 Å². The van der Waals surface area contributed by atoms with E-state index in [1.807, 2.05) is 13.8 Å². The second-order valence-electron chi connectivity index (χ2n) is 6.33. The van der Waals surface area contributed by atoms with Gasteiger partial charge in [0.25, 0.3) is 11.6 Å². The molecule has 0 radical (unpaired) electrons. The van der Waals surface area contributed by atoms with Gasteiger partial charge in [-0.1, -0.05) is 31.1 Å². The predicted molar refractivity (Wildman–Crippen MR) is 93.1 cm³/mol. The molecule has 1 amide bonds. The number of carbonyl (C=O) groups is 1. The highest BCUT2D eigenvalue weighted by molar-refractivity contribution is 6.06. The van der Waals surface area contributed by atoms with Crippen molar-refractivity contribution in [3.05, 3.63) is 58.7 Å². The lowest BCUT2D eigenvalue weighted by Gasteiger charge is -2.10. The topological polar surface area (TPSA) is 68.0 Å². The third kappa shape index (κ3) is 3.68. The summed E-state index contributed by atoms with van der Waals surface area (Å²) < 4.78 is 18.2. The van der Waals surface area contributed by atoms with Crippen LogP contribution in [0.15, 0.2) is 34.9 Å². The van der Waals surface area contributed by atoms with Crippen molar-refractivity contribution in [2.75, 3.05) is 6.54 Å². The zero-order chi connectivity index (χ0) is 18.0. The lowest BCUT2D eigenvalue weighted by molar-refractivity contribution is 0.0955. The van der Waals surface area contributed by atoms with E-state index in [2.05, 4.69) is 15.5 Å². The Balaban J connectivity index is 1.79. The molecular weight excluding hydrogens is 321 g/mol. The van der Waals surface area contributed by atoms with E-state index in [9.17, 15) is 9.18 Å². The molecule has 0 aliphatic rings. The number of amides is 1. The number of pyridine rings is 1. The fourth-order valence-electron chi connectivity index (χ4n) is 2.66. The van der Waals surface area contributed by atoms with Gasteiger partial charge in [-0.2, -0.15) is 0 Å². The van der Waals surface area contributed by atoms with Gasteiger partial charge in [0.05, 0.1) is 16.6 Å². The summed E-state index contributed by atoms with van der Waals surface area (Å²) in [7, 11) is 0. The van der Waals surface area contributed by atoms with Gasteiger partial charge >= 0.3 is 0 Å². The number of aromatic nitrogens is 2. The molecule has 0 bridgehead atoms. The predicted octanol–water partition coefficient (Wildman–Crippen LogP) is 3.77. The second-order valence-corrected chi connectivity index (χ2v) is 6.33. The Labute approximate surface area is 145 Å². The van der Waals surface area contributed by atoms with Gasteiger partial charge in [-0.25, -0.2) is 9.37 Å². The van der Waals surface area contributed by atoms with Gasteiger partial charge in [0.15, 0.2) is 0 Å². The highest BCUT2D eigenvalue weighted by Gasteiger charge is 2.19. The van der Waals surface area contributed by atoms with Gasteiger partial charge in [0, 0.05) is 12.2 Å². The van der Waals surface area contributed by atoms with Crippen molar-refractivity contribution in [1.29, 1.82) is 0 Å². The Morgan fingerprint density at radius 2 is 2.00 bits per heavy atom. The maximum Gasteiger partial charge on any atom is 0.259 e. The summed E-state index contributed by atoms with van der Waals surface area (Å²) in [5.41, 5.74) is 3.29. The Kier molecular flexibility index (Phi) is 4.79. The fourth-order valence-corrected chi connectivity index (χ4v) is 2.66. The van der Waals surface area contributed by atoms with Crippen LogP contribution < -0.4 is 5.32 Å². The smallest absolute Gasteiger partial charge is 0.259 e. The van der Waals surface area contributed by atoms with E-state index in [1.54, 1.807) is 25.1 Å². The molecule has 6 heteroatoms. The molecule has 3 rings (SSSR count). The average Bonchev–Trinajstić information content (AvgIpc) is 2.97. The van der Waals surface area contributed by atoms with E-state index in [4.69, 9.17) is 4.52 Å². The van der Waals surface area contributed by atoms with Crippen molar-refractivity contribution in [2.45, 2.75) is 33.1 Å². The Morgan fingerprint density at radius 1 is 1.28 bits per heavy atom. The number of rotatable bonds is 5. The number of aryl methyl sites for hydroxylation is 1. The van der Waals surface area contributed by atoms with Gasteiger partial charge < -0.3 is 9.84 Å². The monoisotopic (exact) mass is 341 g/mol. The van der Waals surface area contributed by atoms with Crippen LogP contribution in [0.4, 0.5) is 4.39 Å². The van der Waals surface area contributed by atoms with Crippen LogP contribution in [0.1, 0.15) is 47.1 Å². The quantitative estimate of drug-likeness (QED) is 0.767. The molecule has 0 aliphatic carbocycles. The number of hydrogen-bond donors (Lipinski definition) is 1. The van der Waals surface area contributed by atoms with Crippen LogP contribution in [-0.2, 0) is 6.42 Å². The van der Waals surface area contributed by atoms with E-state index in [1.165, 1.54) is 12.1 Å². The van der Waals surface area contributed by atoms with Gasteiger partial charge in [-0.05, 0) is 43.0 Å². The molecule has 5 nitrogen and oxygen atoms in total. The molecule has 0 spiro atoms. The molecule has 1 aromatic carbocycles. The number of carbonyl (C=O) groups excluding carboxylic acids is 1. The molecule has 0 unspecified atom stereocenters. The summed E-state index contributed by atoms with van der Waals surface area (Å²) in [6.45, 7) is 6.26.